The van der Waals surface area contributed by atoms with Gasteiger partial charge in [0.15, 0.2) is 0 Å². The summed E-state index contributed by atoms with van der Waals surface area (Å²) in [5, 5.41) is 2.79. The number of amides is 1. The Morgan fingerprint density at radius 2 is 1.64 bits per heavy atom. The Morgan fingerprint density at radius 1 is 1.08 bits per heavy atom. The largest absolute Gasteiger partial charge is 0.467 e. The van der Waals surface area contributed by atoms with Gasteiger partial charge in [-0.05, 0) is 48.7 Å². The second-order valence-electron chi connectivity index (χ2n) is 5.78. The summed E-state index contributed by atoms with van der Waals surface area (Å²) < 4.78 is 6.43. The van der Waals surface area contributed by atoms with E-state index in [0.29, 0.717) is 12.0 Å². The molecule has 0 aliphatic heterocycles. The molecular weight excluding hydrogens is 450 g/mol. The lowest BCUT2D eigenvalue weighted by Crippen LogP contribution is -2.43. The summed E-state index contributed by atoms with van der Waals surface area (Å²) in [6.45, 7) is 3.98. The molecule has 0 heterocycles. The molecule has 0 aliphatic rings. The molecule has 0 bridgehead atoms. The van der Waals surface area contributed by atoms with Gasteiger partial charge in [-0.1, -0.05) is 50.1 Å². The van der Waals surface area contributed by atoms with E-state index in [1.165, 1.54) is 7.11 Å². The van der Waals surface area contributed by atoms with E-state index in [0.717, 1.165) is 25.6 Å². The molecule has 1 amide bonds. The second-order valence-corrected chi connectivity index (χ2v) is 7.61. The lowest BCUT2D eigenvalue weighted by Gasteiger charge is -2.19. The number of carbonyl (C=O) groups excluding carboxylic acids is 2. The summed E-state index contributed by atoms with van der Waals surface area (Å²) in [5.74, 6) is -0.797. The number of methoxy groups -OCH3 is 1. The van der Waals surface area contributed by atoms with Crippen molar-refractivity contribution in [2.45, 2.75) is 26.3 Å². The van der Waals surface area contributed by atoms with Crippen molar-refractivity contribution in [2.75, 3.05) is 7.11 Å². The summed E-state index contributed by atoms with van der Waals surface area (Å²) in [6, 6.07) is 10.4. The third-order valence-corrected chi connectivity index (χ3v) is 4.88. The Bertz CT molecular complexity index is 765. The standard InChI is InChI=1S/C19H19Br2NO3/c1-11-5-4-6-12(2)16(11)10-17(19(24)25-3)22-18(23)13-7-14(20)9-15(21)8-13/h4-9,17H,10H2,1-3H3,(H,22,23)/t17-/m0/s1. The van der Waals surface area contributed by atoms with Crippen LogP contribution in [0.4, 0.5) is 0 Å². The fourth-order valence-electron chi connectivity index (χ4n) is 2.64. The van der Waals surface area contributed by atoms with E-state index in [9.17, 15) is 9.59 Å². The Morgan fingerprint density at radius 3 is 2.16 bits per heavy atom. The summed E-state index contributed by atoms with van der Waals surface area (Å²) >= 11 is 6.72. The van der Waals surface area contributed by atoms with Crippen molar-refractivity contribution in [1.29, 1.82) is 0 Å². The molecule has 4 nitrogen and oxygen atoms in total. The van der Waals surface area contributed by atoms with Crippen LogP contribution in [-0.2, 0) is 16.0 Å². The van der Waals surface area contributed by atoms with Crippen molar-refractivity contribution in [3.8, 4) is 0 Å². The summed E-state index contributed by atoms with van der Waals surface area (Å²) in [5.41, 5.74) is 3.65. The van der Waals surface area contributed by atoms with E-state index in [1.807, 2.05) is 38.1 Å². The van der Waals surface area contributed by atoms with Crippen LogP contribution >= 0.6 is 31.9 Å². The molecule has 0 spiro atoms. The highest BCUT2D eigenvalue weighted by atomic mass is 79.9. The Hall–Kier alpha value is -1.66. The minimum Gasteiger partial charge on any atom is -0.467 e. The predicted molar refractivity (Wildman–Crippen MR) is 105 cm³/mol. The van der Waals surface area contributed by atoms with E-state index in [1.54, 1.807) is 12.1 Å². The van der Waals surface area contributed by atoms with Gasteiger partial charge < -0.3 is 10.1 Å². The normalized spacial score (nSPS) is 11.7. The Balaban J connectivity index is 2.26. The molecule has 2 aromatic carbocycles. The molecule has 25 heavy (non-hydrogen) atoms. The minimum absolute atomic E-state index is 0.330. The predicted octanol–water partition coefficient (Wildman–Crippen LogP) is 4.34. The van der Waals surface area contributed by atoms with Crippen LogP contribution in [0, 0.1) is 13.8 Å². The molecule has 0 radical (unpaired) electrons. The number of carbonyl (C=O) groups is 2. The highest BCUT2D eigenvalue weighted by Gasteiger charge is 2.24. The first-order valence-electron chi connectivity index (χ1n) is 7.71. The first-order chi connectivity index (χ1) is 11.8. The second kappa shape index (κ2) is 8.63. The smallest absolute Gasteiger partial charge is 0.328 e. The van der Waals surface area contributed by atoms with Crippen molar-refractivity contribution in [3.63, 3.8) is 0 Å². The molecular formula is C19H19Br2NO3. The number of esters is 1. The zero-order valence-electron chi connectivity index (χ0n) is 14.2. The van der Waals surface area contributed by atoms with Gasteiger partial charge in [-0.3, -0.25) is 4.79 Å². The topological polar surface area (TPSA) is 55.4 Å². The number of rotatable bonds is 5. The number of ether oxygens (including phenoxy) is 1. The van der Waals surface area contributed by atoms with E-state index in [2.05, 4.69) is 37.2 Å². The minimum atomic E-state index is -0.755. The molecule has 0 unspecified atom stereocenters. The SMILES string of the molecule is COC(=O)[C@H](Cc1c(C)cccc1C)NC(=O)c1cc(Br)cc(Br)c1. The molecule has 1 N–H and O–H groups in total. The van der Waals surface area contributed by atoms with E-state index >= 15 is 0 Å². The average molecular weight is 469 g/mol. The molecule has 0 aromatic heterocycles. The van der Waals surface area contributed by atoms with Crippen LogP contribution in [0.2, 0.25) is 0 Å². The van der Waals surface area contributed by atoms with Gasteiger partial charge in [0, 0.05) is 20.9 Å². The Kier molecular flexibility index (Phi) is 6.79. The van der Waals surface area contributed by atoms with Gasteiger partial charge in [0.05, 0.1) is 7.11 Å². The van der Waals surface area contributed by atoms with Crippen LogP contribution in [0.5, 0.6) is 0 Å². The summed E-state index contributed by atoms with van der Waals surface area (Å²) in [7, 11) is 1.32. The molecule has 132 valence electrons. The van der Waals surface area contributed by atoms with E-state index < -0.39 is 12.0 Å². The molecule has 1 atom stereocenters. The lowest BCUT2D eigenvalue weighted by molar-refractivity contribution is -0.142. The first-order valence-corrected chi connectivity index (χ1v) is 9.30. The van der Waals surface area contributed by atoms with Gasteiger partial charge in [0.1, 0.15) is 6.04 Å². The molecule has 0 fully saturated rings. The Labute approximate surface area is 164 Å². The van der Waals surface area contributed by atoms with Gasteiger partial charge >= 0.3 is 5.97 Å². The van der Waals surface area contributed by atoms with Crippen LogP contribution in [0.15, 0.2) is 45.3 Å². The van der Waals surface area contributed by atoms with E-state index in [-0.39, 0.29) is 5.91 Å². The maximum absolute atomic E-state index is 12.6. The molecule has 2 aromatic rings. The molecule has 6 heteroatoms. The van der Waals surface area contributed by atoms with Crippen LogP contribution in [0.3, 0.4) is 0 Å². The number of nitrogens with one attached hydrogen (secondary N) is 1. The quantitative estimate of drug-likeness (QED) is 0.664. The number of hydrogen-bond acceptors (Lipinski definition) is 3. The van der Waals surface area contributed by atoms with Gasteiger partial charge in [0.2, 0.25) is 0 Å². The van der Waals surface area contributed by atoms with Gasteiger partial charge in [-0.15, -0.1) is 0 Å². The molecule has 0 saturated carbocycles. The number of aryl methyl sites for hydroxylation is 2. The van der Waals surface area contributed by atoms with Crippen LogP contribution < -0.4 is 5.32 Å². The highest BCUT2D eigenvalue weighted by Crippen LogP contribution is 2.21. The zero-order valence-corrected chi connectivity index (χ0v) is 17.4. The van der Waals surface area contributed by atoms with Gasteiger partial charge in [-0.25, -0.2) is 4.79 Å². The third kappa shape index (κ3) is 5.16. The van der Waals surface area contributed by atoms with Crippen molar-refractivity contribution in [1.82, 2.24) is 5.32 Å². The first kappa shape index (κ1) is 19.7. The monoisotopic (exact) mass is 467 g/mol. The summed E-state index contributed by atoms with van der Waals surface area (Å²) in [6.07, 6.45) is 0.381. The van der Waals surface area contributed by atoms with Crippen molar-refractivity contribution >= 4 is 43.7 Å². The molecule has 0 saturated heterocycles. The van der Waals surface area contributed by atoms with Crippen LogP contribution in [0.1, 0.15) is 27.0 Å². The summed E-state index contributed by atoms with van der Waals surface area (Å²) in [4.78, 5) is 24.8. The molecule has 0 aliphatic carbocycles. The highest BCUT2D eigenvalue weighted by molar-refractivity contribution is 9.11. The van der Waals surface area contributed by atoms with Crippen LogP contribution in [0.25, 0.3) is 0 Å². The van der Waals surface area contributed by atoms with Crippen molar-refractivity contribution in [3.05, 3.63) is 67.6 Å². The fraction of sp³-hybridized carbons (Fsp3) is 0.263. The maximum Gasteiger partial charge on any atom is 0.328 e. The zero-order chi connectivity index (χ0) is 18.6. The van der Waals surface area contributed by atoms with Gasteiger partial charge in [0.25, 0.3) is 5.91 Å². The van der Waals surface area contributed by atoms with Crippen molar-refractivity contribution < 1.29 is 14.3 Å². The van der Waals surface area contributed by atoms with E-state index in [4.69, 9.17) is 4.74 Å². The third-order valence-electron chi connectivity index (χ3n) is 3.97. The number of hydrogen-bond donors (Lipinski definition) is 1. The van der Waals surface area contributed by atoms with Gasteiger partial charge in [-0.2, -0.15) is 0 Å². The fourth-order valence-corrected chi connectivity index (χ4v) is 3.93. The molecule has 2 rings (SSSR count). The maximum atomic E-state index is 12.6. The number of halogens is 2. The van der Waals surface area contributed by atoms with Crippen molar-refractivity contribution in [2.24, 2.45) is 0 Å². The average Bonchev–Trinajstić information content (AvgIpc) is 2.55. The van der Waals surface area contributed by atoms with Crippen LogP contribution in [-0.4, -0.2) is 25.0 Å². The lowest BCUT2D eigenvalue weighted by atomic mass is 9.96. The number of benzene rings is 2.